The highest BCUT2D eigenvalue weighted by atomic mass is 16.4. The summed E-state index contributed by atoms with van der Waals surface area (Å²) in [6, 6.07) is 15.9. The number of aryl methyl sites for hydroxylation is 1. The molecule has 1 aliphatic rings. The minimum absolute atomic E-state index is 0.143. The number of rotatable bonds is 8. The van der Waals surface area contributed by atoms with Crippen molar-refractivity contribution in [2.45, 2.75) is 71.1 Å². The van der Waals surface area contributed by atoms with Crippen LogP contribution in [0.4, 0.5) is 5.69 Å². The molecule has 0 aliphatic heterocycles. The summed E-state index contributed by atoms with van der Waals surface area (Å²) in [7, 11) is 0. The van der Waals surface area contributed by atoms with E-state index in [1.165, 1.54) is 10.5 Å². The number of aliphatic hydroxyl groups excluding tert-OH is 1. The minimum atomic E-state index is -1.02. The van der Waals surface area contributed by atoms with Crippen molar-refractivity contribution in [3.8, 4) is 0 Å². The van der Waals surface area contributed by atoms with Crippen molar-refractivity contribution in [1.82, 2.24) is 4.90 Å². The fraction of sp³-hybridized carbons (Fsp3) is 0.481. The lowest BCUT2D eigenvalue weighted by molar-refractivity contribution is -0.147. The van der Waals surface area contributed by atoms with Gasteiger partial charge in [-0.1, -0.05) is 55.8 Å². The number of nitrogens with zero attached hydrogens (tertiary/aromatic N) is 1. The number of carbonyl (C=O) groups excluding carboxylic acids is 1. The van der Waals surface area contributed by atoms with Gasteiger partial charge in [0.25, 0.3) is 0 Å². The number of aliphatic carboxylic acids is 1. The van der Waals surface area contributed by atoms with Gasteiger partial charge in [0.05, 0.1) is 12.1 Å². The number of nitrogens with one attached hydrogen (secondary N) is 1. The summed E-state index contributed by atoms with van der Waals surface area (Å²) in [6.45, 7) is 6.23. The van der Waals surface area contributed by atoms with Crippen LogP contribution in [0.25, 0.3) is 0 Å². The lowest BCUT2D eigenvalue weighted by Gasteiger charge is -2.26. The van der Waals surface area contributed by atoms with Gasteiger partial charge >= 0.3 is 5.97 Å². The van der Waals surface area contributed by atoms with Crippen LogP contribution >= 0.6 is 0 Å². The zero-order chi connectivity index (χ0) is 24.0. The number of carbonyl (C=O) groups is 2. The van der Waals surface area contributed by atoms with E-state index in [2.05, 4.69) is 31.3 Å². The average molecular weight is 453 g/mol. The zero-order valence-electron chi connectivity index (χ0n) is 19.8. The summed E-state index contributed by atoms with van der Waals surface area (Å²) in [5.74, 6) is -1.04. The molecule has 0 spiro atoms. The molecule has 1 amide bonds. The van der Waals surface area contributed by atoms with Crippen LogP contribution in [0, 0.1) is 12.8 Å². The van der Waals surface area contributed by atoms with Crippen LogP contribution in [0.5, 0.6) is 0 Å². The van der Waals surface area contributed by atoms with Crippen molar-refractivity contribution in [3.63, 3.8) is 0 Å². The monoisotopic (exact) mass is 452 g/mol. The van der Waals surface area contributed by atoms with Crippen LogP contribution in [0.2, 0.25) is 0 Å². The average Bonchev–Trinajstić information content (AvgIpc) is 2.96. The number of carboxylic acids is 1. The summed E-state index contributed by atoms with van der Waals surface area (Å²) in [6.07, 6.45) is 1.75. The third-order valence-corrected chi connectivity index (χ3v) is 6.49. The van der Waals surface area contributed by atoms with Crippen molar-refractivity contribution in [1.29, 1.82) is 0 Å². The first-order valence-corrected chi connectivity index (χ1v) is 11.8. The van der Waals surface area contributed by atoms with E-state index in [1.54, 1.807) is 0 Å². The molecule has 0 aromatic heterocycles. The van der Waals surface area contributed by atoms with Gasteiger partial charge in [0.2, 0.25) is 5.91 Å². The van der Waals surface area contributed by atoms with E-state index >= 15 is 0 Å². The smallest absolute Gasteiger partial charge is 0.323 e. The summed E-state index contributed by atoms with van der Waals surface area (Å²) < 4.78 is 0. The minimum Gasteiger partial charge on any atom is -0.480 e. The van der Waals surface area contributed by atoms with Crippen molar-refractivity contribution in [2.75, 3.05) is 11.9 Å². The van der Waals surface area contributed by atoms with Gasteiger partial charge in [-0.3, -0.25) is 9.59 Å². The van der Waals surface area contributed by atoms with E-state index in [0.29, 0.717) is 31.6 Å². The number of carboxylic acid groups (broad SMARTS) is 1. The second-order valence-corrected chi connectivity index (χ2v) is 9.52. The second-order valence-electron chi connectivity index (χ2n) is 9.52. The van der Waals surface area contributed by atoms with E-state index in [-0.39, 0.29) is 31.0 Å². The van der Waals surface area contributed by atoms with Gasteiger partial charge in [0.15, 0.2) is 0 Å². The summed E-state index contributed by atoms with van der Waals surface area (Å²) in [5.41, 5.74) is 4.23. The van der Waals surface area contributed by atoms with Crippen molar-refractivity contribution >= 4 is 17.6 Å². The molecule has 1 saturated carbocycles. The first kappa shape index (κ1) is 24.8. The molecular weight excluding hydrogens is 416 g/mol. The molecule has 0 radical (unpaired) electrons. The number of hydrogen-bond donors (Lipinski definition) is 3. The number of aliphatic hydroxyl groups is 1. The Morgan fingerprint density at radius 2 is 1.76 bits per heavy atom. The first-order valence-electron chi connectivity index (χ1n) is 11.8. The predicted molar refractivity (Wildman–Crippen MR) is 130 cm³/mol. The standard InChI is InChI=1S/C27H36N2O4/c1-18(2)22-5-4-6-23(15-22)28-24-13-11-21(12-14-25(24)30)27(33)29(17-26(31)32)16-20-9-7-19(3)8-10-20/h4-10,15,18,21,24-25,28,30H,11-14,16-17H2,1-3H3,(H,31,32)/t21-,24+,25+/m1/s1. The summed E-state index contributed by atoms with van der Waals surface area (Å²) in [5, 5.41) is 23.6. The Balaban J connectivity index is 1.67. The first-order chi connectivity index (χ1) is 15.7. The van der Waals surface area contributed by atoms with Gasteiger partial charge in [-0.05, 0) is 61.8 Å². The van der Waals surface area contributed by atoms with Crippen LogP contribution in [-0.2, 0) is 16.1 Å². The Labute approximate surface area is 196 Å². The van der Waals surface area contributed by atoms with E-state index in [1.807, 2.05) is 43.3 Å². The molecular formula is C27H36N2O4. The number of benzene rings is 2. The molecule has 1 aliphatic carbocycles. The highest BCUT2D eigenvalue weighted by molar-refractivity contribution is 5.83. The van der Waals surface area contributed by atoms with E-state index in [0.717, 1.165) is 16.8 Å². The third-order valence-electron chi connectivity index (χ3n) is 6.49. The van der Waals surface area contributed by atoms with Gasteiger partial charge in [-0.25, -0.2) is 0 Å². The highest BCUT2D eigenvalue weighted by Crippen LogP contribution is 2.29. The topological polar surface area (TPSA) is 89.9 Å². The Kier molecular flexibility index (Phi) is 8.50. The summed E-state index contributed by atoms with van der Waals surface area (Å²) in [4.78, 5) is 26.2. The fourth-order valence-electron chi connectivity index (χ4n) is 4.45. The molecule has 6 heteroatoms. The van der Waals surface area contributed by atoms with Gasteiger partial charge in [0, 0.05) is 18.2 Å². The molecule has 178 valence electrons. The second kappa shape index (κ2) is 11.3. The number of hydrogen-bond acceptors (Lipinski definition) is 4. The van der Waals surface area contributed by atoms with Crippen LogP contribution < -0.4 is 5.32 Å². The van der Waals surface area contributed by atoms with Crippen LogP contribution in [-0.4, -0.2) is 45.7 Å². The highest BCUT2D eigenvalue weighted by Gasteiger charge is 2.32. The molecule has 3 rings (SSSR count). The van der Waals surface area contributed by atoms with Crippen LogP contribution in [0.3, 0.4) is 0 Å². The van der Waals surface area contributed by atoms with Crippen LogP contribution in [0.15, 0.2) is 48.5 Å². The Bertz CT molecular complexity index is 941. The lowest BCUT2D eigenvalue weighted by Crippen LogP contribution is -2.39. The molecule has 1 fully saturated rings. The lowest BCUT2D eigenvalue weighted by atomic mass is 9.98. The molecule has 0 bridgehead atoms. The Hall–Kier alpha value is -2.86. The van der Waals surface area contributed by atoms with E-state index in [9.17, 15) is 19.8 Å². The molecule has 6 nitrogen and oxygen atoms in total. The maximum absolute atomic E-state index is 13.3. The molecule has 33 heavy (non-hydrogen) atoms. The van der Waals surface area contributed by atoms with Crippen LogP contribution in [0.1, 0.15) is 62.1 Å². The van der Waals surface area contributed by atoms with Gasteiger partial charge < -0.3 is 20.4 Å². The zero-order valence-corrected chi connectivity index (χ0v) is 19.8. The molecule has 0 unspecified atom stereocenters. The van der Waals surface area contributed by atoms with Crippen molar-refractivity contribution < 1.29 is 19.8 Å². The quantitative estimate of drug-likeness (QED) is 0.511. The molecule has 2 aromatic carbocycles. The SMILES string of the molecule is Cc1ccc(CN(CC(=O)O)C(=O)[C@@H]2CC[C@H](Nc3cccc(C(C)C)c3)[C@@H](O)CC2)cc1. The third kappa shape index (κ3) is 7.06. The normalized spacial score (nSPS) is 20.8. The van der Waals surface area contributed by atoms with Gasteiger partial charge in [-0.15, -0.1) is 0 Å². The van der Waals surface area contributed by atoms with Gasteiger partial charge in [-0.2, -0.15) is 0 Å². The number of amides is 1. The maximum atomic E-state index is 13.3. The molecule has 3 N–H and O–H groups in total. The maximum Gasteiger partial charge on any atom is 0.323 e. The van der Waals surface area contributed by atoms with Crippen molar-refractivity contribution in [3.05, 3.63) is 65.2 Å². The number of anilines is 1. The fourth-order valence-corrected chi connectivity index (χ4v) is 4.45. The predicted octanol–water partition coefficient (Wildman–Crippen LogP) is 4.56. The van der Waals surface area contributed by atoms with Gasteiger partial charge in [0.1, 0.15) is 6.54 Å². The largest absolute Gasteiger partial charge is 0.480 e. The summed E-state index contributed by atoms with van der Waals surface area (Å²) >= 11 is 0. The van der Waals surface area contributed by atoms with Crippen molar-refractivity contribution in [2.24, 2.45) is 5.92 Å². The molecule has 3 atom stereocenters. The molecule has 2 aromatic rings. The molecule has 0 heterocycles. The van der Waals surface area contributed by atoms with E-state index < -0.39 is 12.1 Å². The Morgan fingerprint density at radius 1 is 1.06 bits per heavy atom. The van der Waals surface area contributed by atoms with E-state index in [4.69, 9.17) is 0 Å². The molecule has 0 saturated heterocycles. The Morgan fingerprint density at radius 3 is 2.42 bits per heavy atom.